The Morgan fingerprint density at radius 2 is 1.85 bits per heavy atom. The van der Waals surface area contributed by atoms with Gasteiger partial charge in [0, 0.05) is 0 Å². The zero-order valence-electron chi connectivity index (χ0n) is 14.4. The fraction of sp³-hybridized carbons (Fsp3) is 0.450. The summed E-state index contributed by atoms with van der Waals surface area (Å²) in [4.78, 5) is 25.7. The Bertz CT molecular complexity index is 825. The highest BCUT2D eigenvalue weighted by Gasteiger charge is 2.67. The number of carbonyl (C=O) groups excluding carboxylic acids is 2. The Balaban J connectivity index is 1.40. The third-order valence-corrected chi connectivity index (χ3v) is 6.25. The lowest BCUT2D eigenvalue weighted by atomic mass is 9.63. The molecule has 134 valence electrons. The van der Waals surface area contributed by atoms with Crippen molar-refractivity contribution in [3.63, 3.8) is 0 Å². The van der Waals surface area contributed by atoms with E-state index in [0.717, 1.165) is 11.4 Å². The second kappa shape index (κ2) is 5.43. The van der Waals surface area contributed by atoms with Gasteiger partial charge in [0.05, 0.1) is 24.7 Å². The van der Waals surface area contributed by atoms with Gasteiger partial charge in [-0.2, -0.15) is 10.1 Å². The van der Waals surface area contributed by atoms with E-state index >= 15 is 0 Å². The van der Waals surface area contributed by atoms with Crippen molar-refractivity contribution >= 4 is 18.0 Å². The molecule has 6 nitrogen and oxygen atoms in total. The fourth-order valence-electron chi connectivity index (χ4n) is 5.06. The van der Waals surface area contributed by atoms with Crippen LogP contribution >= 0.6 is 0 Å². The number of ether oxygens (including phenoxy) is 1. The summed E-state index contributed by atoms with van der Waals surface area (Å²) in [6.07, 6.45) is 6.91. The molecule has 0 radical (unpaired) electrons. The summed E-state index contributed by atoms with van der Waals surface area (Å²) in [6, 6.07) is 4.82. The molecule has 1 aromatic rings. The Hall–Kier alpha value is -2.63. The molecule has 0 spiro atoms. The Morgan fingerprint density at radius 1 is 1.19 bits per heavy atom. The third-order valence-electron chi connectivity index (χ3n) is 6.25. The highest BCUT2D eigenvalue weighted by Crippen LogP contribution is 2.65. The summed E-state index contributed by atoms with van der Waals surface area (Å²) in [5.41, 5.74) is 0.658. The van der Waals surface area contributed by atoms with Gasteiger partial charge in [-0.1, -0.05) is 12.2 Å². The van der Waals surface area contributed by atoms with Crippen molar-refractivity contribution in [2.75, 3.05) is 6.61 Å². The van der Waals surface area contributed by atoms with Gasteiger partial charge < -0.3 is 9.84 Å². The predicted octanol–water partition coefficient (Wildman–Crippen LogP) is 2.18. The molecule has 6 heteroatoms. The van der Waals surface area contributed by atoms with E-state index in [4.69, 9.17) is 4.74 Å². The van der Waals surface area contributed by atoms with Gasteiger partial charge in [-0.25, -0.2) is 0 Å². The van der Waals surface area contributed by atoms with Crippen molar-refractivity contribution in [2.24, 2.45) is 40.6 Å². The first kappa shape index (κ1) is 15.6. The zero-order valence-corrected chi connectivity index (χ0v) is 14.4. The molecular formula is C20H20N2O4. The van der Waals surface area contributed by atoms with Crippen LogP contribution in [0.15, 0.2) is 35.5 Å². The number of hydrogen-bond donors (Lipinski definition) is 1. The first-order valence-corrected chi connectivity index (χ1v) is 9.16. The molecule has 5 aliphatic rings. The SMILES string of the molecule is CCOc1cc(C=NN2C(=O)[C@@H]3[C@H]4C=C[C@@H]([C@@H]5C[C@@H]45)[C@H]3C2=O)ccc1O. The van der Waals surface area contributed by atoms with Crippen molar-refractivity contribution in [2.45, 2.75) is 13.3 Å². The molecule has 1 aromatic carbocycles. The van der Waals surface area contributed by atoms with E-state index in [0.29, 0.717) is 29.8 Å². The van der Waals surface area contributed by atoms with E-state index in [-0.39, 0.29) is 41.2 Å². The van der Waals surface area contributed by atoms with E-state index in [1.807, 2.05) is 6.92 Å². The smallest absolute Gasteiger partial charge is 0.254 e. The highest BCUT2D eigenvalue weighted by atomic mass is 16.5. The second-order valence-electron chi connectivity index (χ2n) is 7.55. The number of allylic oxidation sites excluding steroid dienone is 2. The fourth-order valence-corrected chi connectivity index (χ4v) is 5.06. The monoisotopic (exact) mass is 352 g/mol. The molecular weight excluding hydrogens is 332 g/mol. The van der Waals surface area contributed by atoms with Crippen LogP contribution in [0.5, 0.6) is 11.5 Å². The number of hydrazone groups is 1. The first-order valence-electron chi connectivity index (χ1n) is 9.16. The number of rotatable bonds is 4. The van der Waals surface area contributed by atoms with Gasteiger partial charge in [-0.15, -0.1) is 0 Å². The van der Waals surface area contributed by atoms with Crippen LogP contribution in [0, 0.1) is 35.5 Å². The molecule has 2 bridgehead atoms. The molecule has 1 saturated heterocycles. The Kier molecular flexibility index (Phi) is 3.26. The molecule has 2 saturated carbocycles. The number of phenols is 1. The number of imide groups is 1. The number of benzene rings is 1. The average molecular weight is 352 g/mol. The number of phenolic OH excluding ortho intramolecular Hbond substituents is 1. The van der Waals surface area contributed by atoms with Crippen LogP contribution in [-0.4, -0.2) is 34.8 Å². The van der Waals surface area contributed by atoms with E-state index in [1.165, 1.54) is 12.3 Å². The van der Waals surface area contributed by atoms with Gasteiger partial charge >= 0.3 is 0 Å². The van der Waals surface area contributed by atoms with E-state index < -0.39 is 0 Å². The minimum Gasteiger partial charge on any atom is -0.504 e. The van der Waals surface area contributed by atoms with Crippen molar-refractivity contribution in [1.29, 1.82) is 0 Å². The van der Waals surface area contributed by atoms with Crippen molar-refractivity contribution in [3.05, 3.63) is 35.9 Å². The first-order chi connectivity index (χ1) is 12.6. The van der Waals surface area contributed by atoms with Gasteiger partial charge in [-0.05, 0) is 60.8 Å². The molecule has 1 aliphatic heterocycles. The van der Waals surface area contributed by atoms with Crippen LogP contribution in [0.2, 0.25) is 0 Å². The molecule has 26 heavy (non-hydrogen) atoms. The van der Waals surface area contributed by atoms with Crippen molar-refractivity contribution in [3.8, 4) is 11.5 Å². The third kappa shape index (κ3) is 2.08. The van der Waals surface area contributed by atoms with Gasteiger partial charge in [-0.3, -0.25) is 9.59 Å². The summed E-state index contributed by atoms with van der Waals surface area (Å²) < 4.78 is 5.35. The Labute approximate surface area is 151 Å². The highest BCUT2D eigenvalue weighted by molar-refractivity contribution is 6.06. The number of hydrogen-bond acceptors (Lipinski definition) is 5. The van der Waals surface area contributed by atoms with Gasteiger partial charge in [0.2, 0.25) is 0 Å². The lowest BCUT2D eigenvalue weighted by Crippen LogP contribution is -2.40. The van der Waals surface area contributed by atoms with E-state index in [9.17, 15) is 14.7 Å². The van der Waals surface area contributed by atoms with Crippen LogP contribution in [-0.2, 0) is 9.59 Å². The molecule has 6 rings (SSSR count). The second-order valence-corrected chi connectivity index (χ2v) is 7.55. The predicted molar refractivity (Wildman–Crippen MR) is 93.4 cm³/mol. The molecule has 1 N–H and O–H groups in total. The summed E-state index contributed by atoms with van der Waals surface area (Å²) in [5, 5.41) is 15.0. The lowest BCUT2D eigenvalue weighted by Gasteiger charge is -2.37. The number of amides is 2. The largest absolute Gasteiger partial charge is 0.504 e. The number of carbonyl (C=O) groups is 2. The maximum atomic E-state index is 12.8. The van der Waals surface area contributed by atoms with Crippen LogP contribution in [0.1, 0.15) is 18.9 Å². The molecule has 0 aromatic heterocycles. The standard InChI is InChI=1S/C20H20N2O4/c1-2-26-16-7-10(3-6-15(16)23)9-21-22-19(24)17-11-4-5-12(14-8-13(11)14)18(17)20(22)25/h3-7,9,11-14,17-18,23H,2,8H2,1H3/t11-,12-,13-,14-,17+,18+/m0/s1. The molecule has 6 atom stereocenters. The maximum absolute atomic E-state index is 12.8. The van der Waals surface area contributed by atoms with Gasteiger partial charge in [0.25, 0.3) is 11.8 Å². The summed E-state index contributed by atoms with van der Waals surface area (Å²) in [7, 11) is 0. The van der Waals surface area contributed by atoms with Crippen LogP contribution in [0.4, 0.5) is 0 Å². The average Bonchev–Trinajstić information content (AvgIpc) is 3.42. The minimum absolute atomic E-state index is 0.0465. The zero-order chi connectivity index (χ0) is 18.0. The van der Waals surface area contributed by atoms with Crippen LogP contribution < -0.4 is 4.74 Å². The molecule has 1 heterocycles. The summed E-state index contributed by atoms with van der Waals surface area (Å²) >= 11 is 0. The van der Waals surface area contributed by atoms with Crippen LogP contribution in [0.25, 0.3) is 0 Å². The quantitative estimate of drug-likeness (QED) is 0.512. The molecule has 4 aliphatic carbocycles. The molecule has 2 amide bonds. The molecule has 0 unspecified atom stereocenters. The Morgan fingerprint density at radius 3 is 2.46 bits per heavy atom. The van der Waals surface area contributed by atoms with Crippen molar-refractivity contribution < 1.29 is 19.4 Å². The van der Waals surface area contributed by atoms with Gasteiger partial charge in [0.1, 0.15) is 0 Å². The summed E-state index contributed by atoms with van der Waals surface area (Å²) in [6.45, 7) is 2.26. The normalized spacial score (nSPS) is 36.6. The van der Waals surface area contributed by atoms with E-state index in [1.54, 1.807) is 12.1 Å². The minimum atomic E-state index is -0.239. The summed E-state index contributed by atoms with van der Waals surface area (Å²) in [5.74, 6) is 1.13. The topological polar surface area (TPSA) is 79.2 Å². The van der Waals surface area contributed by atoms with Crippen molar-refractivity contribution in [1.82, 2.24) is 5.01 Å². The van der Waals surface area contributed by atoms with Crippen LogP contribution in [0.3, 0.4) is 0 Å². The number of nitrogens with zero attached hydrogens (tertiary/aromatic N) is 2. The van der Waals surface area contributed by atoms with Gasteiger partial charge in [0.15, 0.2) is 11.5 Å². The van der Waals surface area contributed by atoms with E-state index in [2.05, 4.69) is 17.3 Å². The molecule has 3 fully saturated rings. The lowest BCUT2D eigenvalue weighted by molar-refractivity contribution is -0.140. The maximum Gasteiger partial charge on any atom is 0.254 e. The number of aromatic hydroxyl groups is 1.